The summed E-state index contributed by atoms with van der Waals surface area (Å²) in [6.07, 6.45) is 2.47. The van der Waals surface area contributed by atoms with Gasteiger partial charge in [0.1, 0.15) is 0 Å². The van der Waals surface area contributed by atoms with Crippen molar-refractivity contribution in [2.45, 2.75) is 32.6 Å². The van der Waals surface area contributed by atoms with Crippen LogP contribution in [0.15, 0.2) is 18.2 Å². The van der Waals surface area contributed by atoms with Gasteiger partial charge in [-0.1, -0.05) is 0 Å². The summed E-state index contributed by atoms with van der Waals surface area (Å²) in [6.45, 7) is 2.42. The zero-order valence-electron chi connectivity index (χ0n) is 11.8. The van der Waals surface area contributed by atoms with Crippen LogP contribution in [0.5, 0.6) is 5.75 Å². The highest BCUT2D eigenvalue weighted by Gasteiger charge is 2.11. The van der Waals surface area contributed by atoms with Gasteiger partial charge in [-0.2, -0.15) is 0 Å². The summed E-state index contributed by atoms with van der Waals surface area (Å²) in [5.74, 6) is -0.985. The van der Waals surface area contributed by atoms with E-state index in [9.17, 15) is 19.3 Å². The molecule has 0 heterocycles. The molecule has 0 saturated carbocycles. The first-order valence-corrected chi connectivity index (χ1v) is 6.77. The van der Waals surface area contributed by atoms with Crippen molar-refractivity contribution in [3.8, 4) is 5.75 Å². The summed E-state index contributed by atoms with van der Waals surface area (Å²) in [7, 11) is 0. The number of hydrogen-bond donors (Lipinski definition) is 0. The second-order valence-electron chi connectivity index (χ2n) is 4.34. The molecule has 7 heteroatoms. The predicted molar refractivity (Wildman–Crippen MR) is 73.7 cm³/mol. The molecule has 0 unspecified atom stereocenters. The summed E-state index contributed by atoms with van der Waals surface area (Å²) in [5, 5.41) is 10.5. The third-order valence-corrected chi connectivity index (χ3v) is 2.71. The van der Waals surface area contributed by atoms with E-state index in [1.54, 1.807) is 6.92 Å². The molecule has 0 atom stereocenters. The first-order valence-electron chi connectivity index (χ1n) is 6.77. The molecular formula is C14H18FNO5. The minimum absolute atomic E-state index is 0.00834. The Hall–Kier alpha value is -2.18. The van der Waals surface area contributed by atoms with Gasteiger partial charge in [0.05, 0.1) is 24.2 Å². The Morgan fingerprint density at radius 1 is 1.33 bits per heavy atom. The summed E-state index contributed by atoms with van der Waals surface area (Å²) >= 11 is 0. The van der Waals surface area contributed by atoms with Crippen LogP contribution in [-0.2, 0) is 9.53 Å². The highest BCUT2D eigenvalue weighted by atomic mass is 19.1. The number of carbonyl (C=O) groups is 1. The number of nitro benzene ring substituents is 1. The zero-order chi connectivity index (χ0) is 15.7. The van der Waals surface area contributed by atoms with Gasteiger partial charge in [0, 0.05) is 12.5 Å². The van der Waals surface area contributed by atoms with Crippen molar-refractivity contribution in [2.75, 3.05) is 13.2 Å². The van der Waals surface area contributed by atoms with Crippen LogP contribution in [0.25, 0.3) is 0 Å². The SMILES string of the molecule is CCOC(=O)CCCCCOc1ccc([N+](=O)[O-])cc1F. The standard InChI is InChI=1S/C14H18FNO5/c1-2-20-14(17)6-4-3-5-9-21-13-8-7-11(16(18)19)10-12(13)15/h7-8,10H,2-6,9H2,1H3. The van der Waals surface area contributed by atoms with Crippen molar-refractivity contribution in [3.63, 3.8) is 0 Å². The molecule has 0 aliphatic heterocycles. The van der Waals surface area contributed by atoms with Crippen LogP contribution < -0.4 is 4.74 Å². The first kappa shape index (κ1) is 16.9. The fourth-order valence-corrected chi connectivity index (χ4v) is 1.68. The number of carbonyl (C=O) groups excluding carboxylic acids is 1. The van der Waals surface area contributed by atoms with Crippen LogP contribution >= 0.6 is 0 Å². The Balaban J connectivity index is 2.24. The highest BCUT2D eigenvalue weighted by molar-refractivity contribution is 5.69. The Kier molecular flexibility index (Phi) is 7.14. The molecular weight excluding hydrogens is 281 g/mol. The molecule has 0 aromatic heterocycles. The largest absolute Gasteiger partial charge is 0.491 e. The van der Waals surface area contributed by atoms with Gasteiger partial charge in [-0.05, 0) is 32.3 Å². The normalized spacial score (nSPS) is 10.2. The van der Waals surface area contributed by atoms with E-state index in [-0.39, 0.29) is 24.0 Å². The second-order valence-corrected chi connectivity index (χ2v) is 4.34. The monoisotopic (exact) mass is 299 g/mol. The predicted octanol–water partition coefficient (Wildman–Crippen LogP) is 3.24. The summed E-state index contributed by atoms with van der Waals surface area (Å²) in [4.78, 5) is 20.9. The number of nitro groups is 1. The number of halogens is 1. The molecule has 1 aromatic rings. The lowest BCUT2D eigenvalue weighted by Gasteiger charge is -2.07. The minimum Gasteiger partial charge on any atom is -0.491 e. The number of unbranched alkanes of at least 4 members (excludes halogenated alkanes) is 2. The van der Waals surface area contributed by atoms with Gasteiger partial charge in [-0.25, -0.2) is 4.39 Å². The van der Waals surface area contributed by atoms with Crippen LogP contribution in [-0.4, -0.2) is 24.1 Å². The van der Waals surface area contributed by atoms with Gasteiger partial charge in [0.2, 0.25) is 0 Å². The maximum absolute atomic E-state index is 13.5. The van der Waals surface area contributed by atoms with Crippen molar-refractivity contribution in [1.29, 1.82) is 0 Å². The van der Waals surface area contributed by atoms with Gasteiger partial charge >= 0.3 is 5.97 Å². The van der Waals surface area contributed by atoms with Gasteiger partial charge < -0.3 is 9.47 Å². The van der Waals surface area contributed by atoms with E-state index in [1.807, 2.05) is 0 Å². The number of esters is 1. The van der Waals surface area contributed by atoms with Crippen LogP contribution in [0.1, 0.15) is 32.6 Å². The Bertz CT molecular complexity index is 492. The molecule has 0 spiro atoms. The number of hydrogen-bond acceptors (Lipinski definition) is 5. The zero-order valence-corrected chi connectivity index (χ0v) is 11.8. The Labute approximate surface area is 122 Å². The minimum atomic E-state index is -0.754. The quantitative estimate of drug-likeness (QED) is 0.303. The van der Waals surface area contributed by atoms with Gasteiger partial charge in [0.25, 0.3) is 5.69 Å². The van der Waals surface area contributed by atoms with Crippen molar-refractivity contribution >= 4 is 11.7 Å². The van der Waals surface area contributed by atoms with Crippen LogP contribution in [0.2, 0.25) is 0 Å². The van der Waals surface area contributed by atoms with E-state index < -0.39 is 10.7 Å². The molecule has 0 radical (unpaired) electrons. The van der Waals surface area contributed by atoms with E-state index in [0.29, 0.717) is 25.9 Å². The average molecular weight is 299 g/mol. The topological polar surface area (TPSA) is 78.7 Å². The van der Waals surface area contributed by atoms with Crippen LogP contribution in [0.4, 0.5) is 10.1 Å². The maximum Gasteiger partial charge on any atom is 0.305 e. The molecule has 6 nitrogen and oxygen atoms in total. The van der Waals surface area contributed by atoms with Crippen molar-refractivity contribution in [3.05, 3.63) is 34.1 Å². The molecule has 0 saturated heterocycles. The van der Waals surface area contributed by atoms with E-state index in [0.717, 1.165) is 12.5 Å². The van der Waals surface area contributed by atoms with Crippen molar-refractivity contribution in [1.82, 2.24) is 0 Å². The van der Waals surface area contributed by atoms with Gasteiger partial charge in [0.15, 0.2) is 11.6 Å². The van der Waals surface area contributed by atoms with E-state index in [1.165, 1.54) is 12.1 Å². The molecule has 0 bridgehead atoms. The average Bonchev–Trinajstić information content (AvgIpc) is 2.44. The number of rotatable bonds is 9. The molecule has 0 N–H and O–H groups in total. The van der Waals surface area contributed by atoms with Gasteiger partial charge in [-0.15, -0.1) is 0 Å². The fourth-order valence-electron chi connectivity index (χ4n) is 1.68. The Morgan fingerprint density at radius 2 is 2.10 bits per heavy atom. The summed E-state index contributed by atoms with van der Waals surface area (Å²) < 4.78 is 23.5. The number of nitrogens with zero attached hydrogens (tertiary/aromatic N) is 1. The number of ether oxygens (including phenoxy) is 2. The highest BCUT2D eigenvalue weighted by Crippen LogP contribution is 2.22. The molecule has 21 heavy (non-hydrogen) atoms. The second kappa shape index (κ2) is 8.89. The van der Waals surface area contributed by atoms with Gasteiger partial charge in [-0.3, -0.25) is 14.9 Å². The molecule has 1 rings (SSSR count). The third kappa shape index (κ3) is 6.20. The smallest absolute Gasteiger partial charge is 0.305 e. The summed E-state index contributed by atoms with van der Waals surface area (Å²) in [6, 6.07) is 3.27. The van der Waals surface area contributed by atoms with Crippen molar-refractivity contribution in [2.24, 2.45) is 0 Å². The number of benzene rings is 1. The fraction of sp³-hybridized carbons (Fsp3) is 0.500. The maximum atomic E-state index is 13.5. The molecule has 116 valence electrons. The third-order valence-electron chi connectivity index (χ3n) is 2.71. The lowest BCUT2D eigenvalue weighted by molar-refractivity contribution is -0.385. The van der Waals surface area contributed by atoms with Crippen LogP contribution in [0, 0.1) is 15.9 Å². The number of non-ortho nitro benzene ring substituents is 1. The lowest BCUT2D eigenvalue weighted by Crippen LogP contribution is -2.04. The van der Waals surface area contributed by atoms with E-state index >= 15 is 0 Å². The van der Waals surface area contributed by atoms with Crippen LogP contribution in [0.3, 0.4) is 0 Å². The summed E-state index contributed by atoms with van der Waals surface area (Å²) in [5.41, 5.74) is -0.311. The van der Waals surface area contributed by atoms with Crippen molar-refractivity contribution < 1.29 is 23.6 Å². The molecule has 1 aromatic carbocycles. The van der Waals surface area contributed by atoms with E-state index in [2.05, 4.69) is 0 Å². The molecule has 0 aliphatic carbocycles. The first-order chi connectivity index (χ1) is 10.0. The van der Waals surface area contributed by atoms with E-state index in [4.69, 9.17) is 9.47 Å². The molecule has 0 amide bonds. The molecule has 0 aliphatic rings. The Morgan fingerprint density at radius 3 is 2.71 bits per heavy atom. The lowest BCUT2D eigenvalue weighted by atomic mass is 10.2. The molecule has 0 fully saturated rings.